The van der Waals surface area contributed by atoms with Gasteiger partial charge in [0, 0.05) is 17.0 Å². The average molecular weight is 497 g/mol. The number of piperidine rings is 1. The predicted molar refractivity (Wildman–Crippen MR) is 145 cm³/mol. The maximum Gasteiger partial charge on any atom is 0.225 e. The molecule has 0 spiro atoms. The molecule has 0 bridgehead atoms. The highest BCUT2D eigenvalue weighted by Crippen LogP contribution is 2.36. The first-order chi connectivity index (χ1) is 18.1. The Hall–Kier alpha value is -3.97. The largest absolute Gasteiger partial charge is 0.493 e. The molecule has 4 aromatic rings. The lowest BCUT2D eigenvalue weighted by molar-refractivity contribution is -0.119. The first-order valence-corrected chi connectivity index (χ1v) is 12.7. The summed E-state index contributed by atoms with van der Waals surface area (Å²) in [6, 6.07) is 21.6. The van der Waals surface area contributed by atoms with E-state index in [2.05, 4.69) is 15.3 Å². The SMILES string of the molecule is COc1cc2c(-c3ccc(C(Cc4ccccc4)C(N)=O)cc3)ncnc2cc1OCC1CCNCC1. The molecule has 7 heteroatoms. The van der Waals surface area contributed by atoms with Gasteiger partial charge in [-0.3, -0.25) is 4.79 Å². The number of fused-ring (bicyclic) bond motifs is 1. The van der Waals surface area contributed by atoms with Crippen LogP contribution in [0.2, 0.25) is 0 Å². The fraction of sp³-hybridized carbons (Fsp3) is 0.300. The molecule has 1 unspecified atom stereocenters. The van der Waals surface area contributed by atoms with Crippen LogP contribution in [-0.4, -0.2) is 42.7 Å². The number of nitrogens with zero attached hydrogens (tertiary/aromatic N) is 2. The minimum Gasteiger partial charge on any atom is -0.493 e. The van der Waals surface area contributed by atoms with E-state index in [-0.39, 0.29) is 5.91 Å². The molecule has 0 saturated carbocycles. The van der Waals surface area contributed by atoms with Crippen LogP contribution in [-0.2, 0) is 11.2 Å². The van der Waals surface area contributed by atoms with Crippen LogP contribution in [0.1, 0.15) is 29.9 Å². The molecular weight excluding hydrogens is 464 g/mol. The Morgan fingerprint density at radius 2 is 1.78 bits per heavy atom. The molecule has 5 rings (SSSR count). The van der Waals surface area contributed by atoms with Gasteiger partial charge in [0.1, 0.15) is 6.33 Å². The van der Waals surface area contributed by atoms with Crippen LogP contribution >= 0.6 is 0 Å². The molecule has 37 heavy (non-hydrogen) atoms. The minimum atomic E-state index is -0.404. The quantitative estimate of drug-likeness (QED) is 0.354. The lowest BCUT2D eigenvalue weighted by atomic mass is 9.90. The lowest BCUT2D eigenvalue weighted by Gasteiger charge is -2.23. The molecule has 7 nitrogen and oxygen atoms in total. The summed E-state index contributed by atoms with van der Waals surface area (Å²) in [6.07, 6.45) is 4.35. The van der Waals surface area contributed by atoms with Gasteiger partial charge in [-0.15, -0.1) is 0 Å². The van der Waals surface area contributed by atoms with Crippen LogP contribution in [0.3, 0.4) is 0 Å². The summed E-state index contributed by atoms with van der Waals surface area (Å²) >= 11 is 0. The van der Waals surface area contributed by atoms with Crippen LogP contribution in [0, 0.1) is 5.92 Å². The number of amides is 1. The van der Waals surface area contributed by atoms with E-state index in [1.165, 1.54) is 0 Å². The maximum absolute atomic E-state index is 12.3. The van der Waals surface area contributed by atoms with E-state index in [1.54, 1.807) is 13.4 Å². The number of aromatic nitrogens is 2. The Morgan fingerprint density at radius 3 is 2.49 bits per heavy atom. The number of nitrogens with two attached hydrogens (primary N) is 1. The Balaban J connectivity index is 1.41. The molecule has 3 N–H and O–H groups in total. The van der Waals surface area contributed by atoms with Crippen molar-refractivity contribution in [3.8, 4) is 22.8 Å². The molecule has 1 aliphatic heterocycles. The number of carbonyl (C=O) groups is 1. The third kappa shape index (κ3) is 5.73. The summed E-state index contributed by atoms with van der Waals surface area (Å²) in [6.45, 7) is 2.72. The van der Waals surface area contributed by atoms with Crippen molar-refractivity contribution in [2.45, 2.75) is 25.2 Å². The molecule has 2 heterocycles. The third-order valence-corrected chi connectivity index (χ3v) is 7.07. The summed E-state index contributed by atoms with van der Waals surface area (Å²) in [7, 11) is 1.65. The number of rotatable bonds is 9. The number of carbonyl (C=O) groups excluding carboxylic acids is 1. The van der Waals surface area contributed by atoms with Gasteiger partial charge in [-0.25, -0.2) is 9.97 Å². The van der Waals surface area contributed by atoms with Gasteiger partial charge in [-0.05, 0) is 55.5 Å². The summed E-state index contributed by atoms with van der Waals surface area (Å²) in [5.74, 6) is 1.14. The Bertz CT molecular complexity index is 1350. The third-order valence-electron chi connectivity index (χ3n) is 7.07. The number of ether oxygens (including phenoxy) is 2. The van der Waals surface area contributed by atoms with E-state index < -0.39 is 5.92 Å². The van der Waals surface area contributed by atoms with Gasteiger partial charge in [0.25, 0.3) is 0 Å². The Labute approximate surface area is 217 Å². The monoisotopic (exact) mass is 496 g/mol. The van der Waals surface area contributed by atoms with Crippen molar-refractivity contribution in [3.05, 3.63) is 84.2 Å². The summed E-state index contributed by atoms with van der Waals surface area (Å²) in [5, 5.41) is 4.26. The van der Waals surface area contributed by atoms with Crippen LogP contribution in [0.25, 0.3) is 22.2 Å². The van der Waals surface area contributed by atoms with Crippen molar-refractivity contribution >= 4 is 16.8 Å². The van der Waals surface area contributed by atoms with Gasteiger partial charge < -0.3 is 20.5 Å². The highest BCUT2D eigenvalue weighted by atomic mass is 16.5. The highest BCUT2D eigenvalue weighted by Gasteiger charge is 2.20. The second-order valence-corrected chi connectivity index (χ2v) is 9.51. The van der Waals surface area contributed by atoms with Crippen molar-refractivity contribution in [2.75, 3.05) is 26.8 Å². The molecular formula is C30H32N4O3. The molecule has 1 aromatic heterocycles. The molecule has 1 saturated heterocycles. The van der Waals surface area contributed by atoms with E-state index in [9.17, 15) is 4.79 Å². The maximum atomic E-state index is 12.3. The summed E-state index contributed by atoms with van der Waals surface area (Å²) < 4.78 is 11.9. The number of hydrogen-bond donors (Lipinski definition) is 2. The zero-order valence-electron chi connectivity index (χ0n) is 21.0. The van der Waals surface area contributed by atoms with Crippen molar-refractivity contribution in [1.29, 1.82) is 0 Å². The van der Waals surface area contributed by atoms with E-state index in [0.717, 1.165) is 59.2 Å². The Kier molecular flexibility index (Phi) is 7.61. The van der Waals surface area contributed by atoms with Crippen LogP contribution < -0.4 is 20.5 Å². The van der Waals surface area contributed by atoms with Gasteiger partial charge in [0.15, 0.2) is 11.5 Å². The first kappa shape index (κ1) is 24.7. The zero-order chi connectivity index (χ0) is 25.6. The Morgan fingerprint density at radius 1 is 1.03 bits per heavy atom. The number of primary amides is 1. The van der Waals surface area contributed by atoms with Crippen molar-refractivity contribution < 1.29 is 14.3 Å². The number of nitrogens with one attached hydrogen (secondary N) is 1. The molecule has 0 aliphatic carbocycles. The molecule has 1 amide bonds. The first-order valence-electron chi connectivity index (χ1n) is 12.7. The second kappa shape index (κ2) is 11.4. The van der Waals surface area contributed by atoms with Gasteiger partial charge in [-0.1, -0.05) is 54.6 Å². The molecule has 3 aromatic carbocycles. The smallest absolute Gasteiger partial charge is 0.225 e. The van der Waals surface area contributed by atoms with Crippen molar-refractivity contribution in [2.24, 2.45) is 11.7 Å². The molecule has 1 fully saturated rings. The van der Waals surface area contributed by atoms with Crippen molar-refractivity contribution in [1.82, 2.24) is 15.3 Å². The van der Waals surface area contributed by atoms with Gasteiger partial charge in [-0.2, -0.15) is 0 Å². The van der Waals surface area contributed by atoms with Crippen LogP contribution in [0.4, 0.5) is 0 Å². The number of methoxy groups -OCH3 is 1. The second-order valence-electron chi connectivity index (χ2n) is 9.51. The van der Waals surface area contributed by atoms with E-state index in [0.29, 0.717) is 30.4 Å². The fourth-order valence-electron chi connectivity index (χ4n) is 4.93. The zero-order valence-corrected chi connectivity index (χ0v) is 21.0. The molecule has 0 radical (unpaired) electrons. The number of hydrogen-bond acceptors (Lipinski definition) is 6. The van der Waals surface area contributed by atoms with Gasteiger partial charge in [0.2, 0.25) is 5.91 Å². The summed E-state index contributed by atoms with van der Waals surface area (Å²) in [5.41, 5.74) is 10.2. The van der Waals surface area contributed by atoms with Crippen LogP contribution in [0.15, 0.2) is 73.1 Å². The molecule has 1 atom stereocenters. The normalized spacial score (nSPS) is 14.8. The summed E-state index contributed by atoms with van der Waals surface area (Å²) in [4.78, 5) is 21.3. The van der Waals surface area contributed by atoms with E-state index in [4.69, 9.17) is 15.2 Å². The minimum absolute atomic E-state index is 0.342. The van der Waals surface area contributed by atoms with Gasteiger partial charge >= 0.3 is 0 Å². The van der Waals surface area contributed by atoms with Gasteiger partial charge in [0.05, 0.1) is 30.8 Å². The topological polar surface area (TPSA) is 99.4 Å². The fourth-order valence-corrected chi connectivity index (χ4v) is 4.93. The lowest BCUT2D eigenvalue weighted by Crippen LogP contribution is -2.30. The number of benzene rings is 3. The van der Waals surface area contributed by atoms with E-state index >= 15 is 0 Å². The van der Waals surface area contributed by atoms with Crippen LogP contribution in [0.5, 0.6) is 11.5 Å². The molecule has 1 aliphatic rings. The average Bonchev–Trinajstić information content (AvgIpc) is 2.95. The standard InChI is InChI=1S/C30H32N4O3/c1-36-27-16-25-26(17-28(27)37-18-21-11-13-32-14-12-21)33-19-34-29(25)23-9-7-22(8-10-23)24(30(31)35)15-20-5-3-2-4-6-20/h2-10,16-17,19,21,24,32H,11-15,18H2,1H3,(H2,31,35). The molecule has 190 valence electrons. The highest BCUT2D eigenvalue weighted by molar-refractivity contribution is 5.94. The predicted octanol–water partition coefficient (Wildman–Crippen LogP) is 4.50. The van der Waals surface area contributed by atoms with E-state index in [1.807, 2.05) is 66.7 Å². The van der Waals surface area contributed by atoms with Crippen molar-refractivity contribution in [3.63, 3.8) is 0 Å².